The minimum absolute atomic E-state index is 0.0590. The minimum atomic E-state index is -3.81. The topological polar surface area (TPSA) is 92.3 Å². The molecule has 33 heavy (non-hydrogen) atoms. The van der Waals surface area contributed by atoms with Gasteiger partial charge in [-0.05, 0) is 43.5 Å². The quantitative estimate of drug-likeness (QED) is 0.634. The number of rotatable bonds is 6. The molecule has 1 aromatic heterocycles. The Morgan fingerprint density at radius 2 is 1.67 bits per heavy atom. The number of aromatic nitrogens is 1. The van der Waals surface area contributed by atoms with Crippen molar-refractivity contribution in [2.75, 3.05) is 58.4 Å². The molecule has 0 bridgehead atoms. The monoisotopic (exact) mass is 474 g/mol. The maximum absolute atomic E-state index is 13.3. The fourth-order valence-electron chi connectivity index (χ4n) is 4.35. The summed E-state index contributed by atoms with van der Waals surface area (Å²) < 4.78 is 38.5. The SMILES string of the molecule is COc1ccc(OC)c(S(=O)(=O)N2CCN(C(=O)c3cccnc3N3CCCCC3)CC2)c1. The molecule has 0 radical (unpaired) electrons. The number of ether oxygens (including phenoxy) is 2. The van der Waals surface area contributed by atoms with Crippen molar-refractivity contribution in [3.05, 3.63) is 42.1 Å². The van der Waals surface area contributed by atoms with Crippen molar-refractivity contribution in [2.24, 2.45) is 0 Å². The summed E-state index contributed by atoms with van der Waals surface area (Å²) in [6.07, 6.45) is 5.09. The second kappa shape index (κ2) is 9.96. The third-order valence-electron chi connectivity index (χ3n) is 6.19. The molecule has 2 aliphatic heterocycles. The summed E-state index contributed by atoms with van der Waals surface area (Å²) in [5.74, 6) is 1.30. The Bertz CT molecular complexity index is 1090. The Labute approximate surface area is 195 Å². The molecule has 0 N–H and O–H groups in total. The number of piperidine rings is 1. The highest BCUT2D eigenvalue weighted by Gasteiger charge is 2.33. The Balaban J connectivity index is 1.49. The van der Waals surface area contributed by atoms with Gasteiger partial charge < -0.3 is 19.3 Å². The number of carbonyl (C=O) groups excluding carboxylic acids is 1. The van der Waals surface area contributed by atoms with E-state index in [0.717, 1.165) is 31.7 Å². The first kappa shape index (κ1) is 23.3. The highest BCUT2D eigenvalue weighted by atomic mass is 32.2. The van der Waals surface area contributed by atoms with Crippen LogP contribution in [0.1, 0.15) is 29.6 Å². The molecule has 178 valence electrons. The predicted molar refractivity (Wildman–Crippen MR) is 125 cm³/mol. The first-order valence-corrected chi connectivity index (χ1v) is 12.6. The van der Waals surface area contributed by atoms with Gasteiger partial charge in [-0.25, -0.2) is 13.4 Å². The third-order valence-corrected chi connectivity index (χ3v) is 8.11. The summed E-state index contributed by atoms with van der Waals surface area (Å²) in [4.78, 5) is 21.8. The van der Waals surface area contributed by atoms with Crippen molar-refractivity contribution in [2.45, 2.75) is 24.2 Å². The van der Waals surface area contributed by atoms with Crippen molar-refractivity contribution < 1.29 is 22.7 Å². The number of methoxy groups -OCH3 is 2. The van der Waals surface area contributed by atoms with Crippen LogP contribution in [0.2, 0.25) is 0 Å². The highest BCUT2D eigenvalue weighted by molar-refractivity contribution is 7.89. The molecule has 1 amide bonds. The zero-order valence-electron chi connectivity index (χ0n) is 19.1. The Kier molecular flexibility index (Phi) is 7.04. The van der Waals surface area contributed by atoms with E-state index in [4.69, 9.17) is 9.47 Å². The lowest BCUT2D eigenvalue weighted by Crippen LogP contribution is -2.50. The van der Waals surface area contributed by atoms with Crippen LogP contribution in [0.5, 0.6) is 11.5 Å². The van der Waals surface area contributed by atoms with E-state index < -0.39 is 10.0 Å². The van der Waals surface area contributed by atoms with Gasteiger partial charge in [0.05, 0.1) is 19.8 Å². The van der Waals surface area contributed by atoms with E-state index >= 15 is 0 Å². The molecule has 2 aliphatic rings. The van der Waals surface area contributed by atoms with E-state index in [0.29, 0.717) is 24.4 Å². The van der Waals surface area contributed by atoms with Gasteiger partial charge in [0.25, 0.3) is 5.91 Å². The van der Waals surface area contributed by atoms with Crippen LogP contribution in [0, 0.1) is 0 Å². The van der Waals surface area contributed by atoms with Crippen LogP contribution in [0.3, 0.4) is 0 Å². The molecule has 0 saturated carbocycles. The van der Waals surface area contributed by atoms with Crippen molar-refractivity contribution in [1.82, 2.24) is 14.2 Å². The molecule has 10 heteroatoms. The van der Waals surface area contributed by atoms with Crippen LogP contribution in [0.25, 0.3) is 0 Å². The maximum atomic E-state index is 13.3. The minimum Gasteiger partial charge on any atom is -0.497 e. The molecule has 3 heterocycles. The molecule has 9 nitrogen and oxygen atoms in total. The lowest BCUT2D eigenvalue weighted by atomic mass is 10.1. The van der Waals surface area contributed by atoms with Crippen LogP contribution in [0.4, 0.5) is 5.82 Å². The summed E-state index contributed by atoms with van der Waals surface area (Å²) in [6, 6.07) is 8.28. The number of carbonyl (C=O) groups is 1. The lowest BCUT2D eigenvalue weighted by Gasteiger charge is -2.35. The number of anilines is 1. The third kappa shape index (κ3) is 4.77. The van der Waals surface area contributed by atoms with Gasteiger partial charge in [0, 0.05) is 51.5 Å². The summed E-state index contributed by atoms with van der Waals surface area (Å²) in [5, 5.41) is 0. The molecule has 0 aliphatic carbocycles. The van der Waals surface area contributed by atoms with Gasteiger partial charge in [-0.15, -0.1) is 0 Å². The van der Waals surface area contributed by atoms with Gasteiger partial charge in [0.15, 0.2) is 0 Å². The maximum Gasteiger partial charge on any atom is 0.257 e. The van der Waals surface area contributed by atoms with Crippen LogP contribution in [0.15, 0.2) is 41.4 Å². The first-order chi connectivity index (χ1) is 16.0. The molecule has 2 fully saturated rings. The van der Waals surface area contributed by atoms with Gasteiger partial charge >= 0.3 is 0 Å². The number of sulfonamides is 1. The summed E-state index contributed by atoms with van der Waals surface area (Å²) in [6.45, 7) is 2.80. The largest absolute Gasteiger partial charge is 0.497 e. The standard InChI is InChI=1S/C23H30N4O5S/c1-31-18-8-9-20(32-2)21(17-18)33(29,30)27-15-13-26(14-16-27)23(28)19-7-6-10-24-22(19)25-11-4-3-5-12-25/h6-10,17H,3-5,11-16H2,1-2H3. The fraction of sp³-hybridized carbons (Fsp3) is 0.478. The molecular weight excluding hydrogens is 444 g/mol. The van der Waals surface area contributed by atoms with Crippen molar-refractivity contribution >= 4 is 21.7 Å². The average Bonchev–Trinajstić information content (AvgIpc) is 2.88. The molecule has 2 aromatic rings. The summed E-state index contributed by atoms with van der Waals surface area (Å²) >= 11 is 0. The number of nitrogens with zero attached hydrogens (tertiary/aromatic N) is 4. The van der Waals surface area contributed by atoms with Crippen LogP contribution < -0.4 is 14.4 Å². The smallest absolute Gasteiger partial charge is 0.257 e. The van der Waals surface area contributed by atoms with Crippen molar-refractivity contribution in [1.29, 1.82) is 0 Å². The van der Waals surface area contributed by atoms with E-state index in [1.165, 1.54) is 31.0 Å². The molecule has 4 rings (SSSR count). The number of pyridine rings is 1. The highest BCUT2D eigenvalue weighted by Crippen LogP contribution is 2.31. The zero-order valence-corrected chi connectivity index (χ0v) is 19.9. The van der Waals surface area contributed by atoms with E-state index in [1.54, 1.807) is 29.3 Å². The lowest BCUT2D eigenvalue weighted by molar-refractivity contribution is 0.0698. The number of hydrogen-bond donors (Lipinski definition) is 0. The van der Waals surface area contributed by atoms with Gasteiger partial charge in [-0.3, -0.25) is 4.79 Å². The molecular formula is C23H30N4O5S. The van der Waals surface area contributed by atoms with Crippen molar-refractivity contribution in [3.8, 4) is 11.5 Å². The summed E-state index contributed by atoms with van der Waals surface area (Å²) in [7, 11) is -0.886. The zero-order chi connectivity index (χ0) is 23.4. The molecule has 0 atom stereocenters. The summed E-state index contributed by atoms with van der Waals surface area (Å²) in [5.41, 5.74) is 0.574. The fourth-order valence-corrected chi connectivity index (χ4v) is 5.94. The van der Waals surface area contributed by atoms with E-state index in [9.17, 15) is 13.2 Å². The number of amides is 1. The van der Waals surface area contributed by atoms with Crippen LogP contribution in [-0.2, 0) is 10.0 Å². The predicted octanol–water partition coefficient (Wildman–Crippen LogP) is 2.24. The van der Waals surface area contributed by atoms with Gasteiger partial charge in [-0.2, -0.15) is 4.31 Å². The normalized spacial score (nSPS) is 17.6. The number of hydrogen-bond acceptors (Lipinski definition) is 7. The van der Waals surface area contributed by atoms with Gasteiger partial charge in [0.1, 0.15) is 22.2 Å². The first-order valence-electron chi connectivity index (χ1n) is 11.2. The average molecular weight is 475 g/mol. The van der Waals surface area contributed by atoms with Crippen LogP contribution >= 0.6 is 0 Å². The Morgan fingerprint density at radius 1 is 0.939 bits per heavy atom. The Morgan fingerprint density at radius 3 is 2.33 bits per heavy atom. The van der Waals surface area contributed by atoms with Crippen LogP contribution in [-0.4, -0.2) is 82.0 Å². The van der Waals surface area contributed by atoms with Gasteiger partial charge in [-0.1, -0.05) is 0 Å². The Hall–Kier alpha value is -2.85. The molecule has 1 aromatic carbocycles. The second-order valence-corrected chi connectivity index (χ2v) is 10.0. The van der Waals surface area contributed by atoms with E-state index in [1.807, 2.05) is 6.07 Å². The molecule has 2 saturated heterocycles. The number of piperazine rings is 1. The number of benzene rings is 1. The molecule has 0 unspecified atom stereocenters. The van der Waals surface area contributed by atoms with E-state index in [-0.39, 0.29) is 29.6 Å². The van der Waals surface area contributed by atoms with Crippen molar-refractivity contribution in [3.63, 3.8) is 0 Å². The molecule has 0 spiro atoms. The second-order valence-electron chi connectivity index (χ2n) is 8.14. The van der Waals surface area contributed by atoms with E-state index in [2.05, 4.69) is 9.88 Å². The van der Waals surface area contributed by atoms with Gasteiger partial charge in [0.2, 0.25) is 10.0 Å².